The van der Waals surface area contributed by atoms with Crippen LogP contribution in [0.4, 0.5) is 0 Å². The molecule has 0 radical (unpaired) electrons. The summed E-state index contributed by atoms with van der Waals surface area (Å²) >= 11 is 0. The number of carbonyl (C=O) groups is 2. The number of unbranched alkanes of at least 4 members (excludes halogenated alkanes) is 26. The van der Waals surface area contributed by atoms with Crippen molar-refractivity contribution in [3.8, 4) is 0 Å². The smallest absolute Gasteiger partial charge is 0.306 e. The van der Waals surface area contributed by atoms with Gasteiger partial charge in [-0.3, -0.25) is 9.59 Å². The monoisotopic (exact) mass is 1200 g/mol. The lowest BCUT2D eigenvalue weighted by Crippen LogP contribution is -2.61. The number of aliphatic hydroxyl groups excluding tert-OH is 5. The fraction of sp³-hybridized carbons (Fsp3) is 0.707. The summed E-state index contributed by atoms with van der Waals surface area (Å²) in [6.07, 6.45) is 75.2. The van der Waals surface area contributed by atoms with E-state index < -0.39 is 67.4 Å². The maximum Gasteiger partial charge on any atom is 0.306 e. The molecule has 0 spiro atoms. The molecule has 8 atom stereocenters. The van der Waals surface area contributed by atoms with E-state index in [9.17, 15) is 35.1 Å². The topological polar surface area (TPSA) is 175 Å². The van der Waals surface area contributed by atoms with Crippen LogP contribution in [0.1, 0.15) is 278 Å². The van der Waals surface area contributed by atoms with Crippen LogP contribution in [-0.2, 0) is 23.8 Å². The van der Waals surface area contributed by atoms with Gasteiger partial charge in [0.15, 0.2) is 12.4 Å². The Morgan fingerprint density at radius 1 is 0.465 bits per heavy atom. The molecule has 6 N–H and O–H groups in total. The van der Waals surface area contributed by atoms with Gasteiger partial charge in [0.25, 0.3) is 0 Å². The first kappa shape index (κ1) is 80.1. The van der Waals surface area contributed by atoms with Gasteiger partial charge in [0.05, 0.1) is 25.4 Å². The van der Waals surface area contributed by atoms with Gasteiger partial charge in [-0.05, 0) is 116 Å². The lowest BCUT2D eigenvalue weighted by Gasteiger charge is -2.41. The maximum absolute atomic E-state index is 13.5. The highest BCUT2D eigenvalue weighted by atomic mass is 16.7. The quantitative estimate of drug-likeness (QED) is 0.0195. The van der Waals surface area contributed by atoms with Crippen LogP contribution in [0.15, 0.2) is 122 Å². The largest absolute Gasteiger partial charge is 0.454 e. The molecule has 11 nitrogen and oxygen atoms in total. The lowest BCUT2D eigenvalue weighted by molar-refractivity contribution is -0.305. The standard InChI is InChI=1S/C75H127NO10/c1-4-7-10-13-16-19-22-25-27-29-31-33-34-35-37-38-40-42-44-47-50-53-56-59-62-68(79)74(83)76-66(67(78)61-58-55-52-49-46-24-21-18-15-12-9-6-3)65-84-75-73(72(82)71(81)69(64-77)85-75)86-70(80)63-60-57-54-51-48-45-43-41-39-36-32-30-28-26-23-20-17-14-11-8-5-2/h8,11,16-17,19-20,25-28,31-33,36,41,43,48,51,58,61,66-69,71-73,75,77-79,81-82H,4-7,9-10,12-15,18,21-24,29-30,34-35,37-40,42,44-47,49-50,52-57,59-60,62-65H2,1-3H3,(H,76,83)/b11-8-,19-16-,20-17-,27-25-,28-26-,33-31-,36-32-,43-41-,51-48-,61-58+. The van der Waals surface area contributed by atoms with Crippen LogP contribution in [0, 0.1) is 0 Å². The number of ether oxygens (including phenoxy) is 3. The van der Waals surface area contributed by atoms with Crippen molar-refractivity contribution in [2.45, 2.75) is 327 Å². The van der Waals surface area contributed by atoms with Crippen molar-refractivity contribution in [3.05, 3.63) is 122 Å². The van der Waals surface area contributed by atoms with Crippen LogP contribution in [0.5, 0.6) is 0 Å². The summed E-state index contributed by atoms with van der Waals surface area (Å²) in [4.78, 5) is 26.6. The van der Waals surface area contributed by atoms with Crippen molar-refractivity contribution in [2.75, 3.05) is 13.2 Å². The molecule has 492 valence electrons. The van der Waals surface area contributed by atoms with Crippen LogP contribution in [0.3, 0.4) is 0 Å². The lowest BCUT2D eigenvalue weighted by atomic mass is 9.99. The van der Waals surface area contributed by atoms with Crippen molar-refractivity contribution in [1.82, 2.24) is 5.32 Å². The third-order valence-electron chi connectivity index (χ3n) is 15.6. The summed E-state index contributed by atoms with van der Waals surface area (Å²) in [6.45, 7) is 5.63. The summed E-state index contributed by atoms with van der Waals surface area (Å²) in [5.74, 6) is -1.25. The number of allylic oxidation sites excluding steroid dienone is 19. The molecule has 0 aromatic rings. The molecule has 1 heterocycles. The van der Waals surface area contributed by atoms with Crippen LogP contribution >= 0.6 is 0 Å². The molecule has 0 saturated carbocycles. The molecule has 11 heteroatoms. The molecule has 1 aliphatic heterocycles. The van der Waals surface area contributed by atoms with Gasteiger partial charge in [0.1, 0.15) is 24.4 Å². The fourth-order valence-electron chi connectivity index (χ4n) is 10.1. The van der Waals surface area contributed by atoms with E-state index in [0.717, 1.165) is 116 Å². The molecular formula is C75H127NO10. The van der Waals surface area contributed by atoms with E-state index in [1.54, 1.807) is 6.08 Å². The molecule has 86 heavy (non-hydrogen) atoms. The zero-order chi connectivity index (χ0) is 62.4. The molecule has 0 bridgehead atoms. The number of hydrogen-bond acceptors (Lipinski definition) is 10. The Morgan fingerprint density at radius 2 is 0.837 bits per heavy atom. The Balaban J connectivity index is 2.63. The Morgan fingerprint density at radius 3 is 1.28 bits per heavy atom. The number of nitrogens with one attached hydrogen (secondary N) is 1. The molecule has 1 amide bonds. The summed E-state index contributed by atoms with van der Waals surface area (Å²) in [5.41, 5.74) is 0. The van der Waals surface area contributed by atoms with Crippen molar-refractivity contribution in [2.24, 2.45) is 0 Å². The predicted molar refractivity (Wildman–Crippen MR) is 361 cm³/mol. The SMILES string of the molecule is CC/C=C\C/C=C\C/C=C\C/C=C\C/C=C\C/C=C\CCCCC(=O)OC1C(OCC(NC(=O)C(O)CCCCCCCCCCCCC/C=C\C/C=C\C/C=C\CCCCC)C(O)/C=C/CCCCCCCCCCCC)OC(CO)C(O)C1O. The molecule has 0 aromatic carbocycles. The molecule has 8 unspecified atom stereocenters. The first-order valence-corrected chi connectivity index (χ1v) is 34.8. The highest BCUT2D eigenvalue weighted by molar-refractivity contribution is 5.80. The summed E-state index contributed by atoms with van der Waals surface area (Å²) < 4.78 is 17.6. The van der Waals surface area contributed by atoms with E-state index in [4.69, 9.17) is 14.2 Å². The summed E-state index contributed by atoms with van der Waals surface area (Å²) in [7, 11) is 0. The summed E-state index contributed by atoms with van der Waals surface area (Å²) in [6, 6.07) is -1.04. The third kappa shape index (κ3) is 48.0. The van der Waals surface area contributed by atoms with Gasteiger partial charge in [0, 0.05) is 6.42 Å². The zero-order valence-corrected chi connectivity index (χ0v) is 54.6. The summed E-state index contributed by atoms with van der Waals surface area (Å²) in [5, 5.41) is 57.2. The molecule has 1 aliphatic rings. The van der Waals surface area contributed by atoms with Crippen molar-refractivity contribution in [3.63, 3.8) is 0 Å². The highest BCUT2D eigenvalue weighted by Crippen LogP contribution is 2.26. The molecule has 0 aromatic heterocycles. The fourth-order valence-corrected chi connectivity index (χ4v) is 10.1. The Kier molecular flexibility index (Phi) is 57.1. The van der Waals surface area contributed by atoms with Crippen LogP contribution in [0.25, 0.3) is 0 Å². The number of rotatable bonds is 58. The molecular weight excluding hydrogens is 1070 g/mol. The molecule has 1 saturated heterocycles. The van der Waals surface area contributed by atoms with Gasteiger partial charge >= 0.3 is 5.97 Å². The third-order valence-corrected chi connectivity index (χ3v) is 15.6. The van der Waals surface area contributed by atoms with Crippen LogP contribution < -0.4 is 5.32 Å². The van der Waals surface area contributed by atoms with E-state index in [1.807, 2.05) is 6.08 Å². The van der Waals surface area contributed by atoms with E-state index >= 15 is 0 Å². The second-order valence-electron chi connectivity index (χ2n) is 23.5. The van der Waals surface area contributed by atoms with Gasteiger partial charge in [-0.15, -0.1) is 0 Å². The number of amides is 1. The Bertz CT molecular complexity index is 1860. The maximum atomic E-state index is 13.5. The number of aliphatic hydroxyl groups is 5. The van der Waals surface area contributed by atoms with Gasteiger partial charge in [0.2, 0.25) is 5.91 Å². The minimum atomic E-state index is -1.64. The molecule has 1 fully saturated rings. The molecule has 1 rings (SSSR count). The van der Waals surface area contributed by atoms with E-state index in [-0.39, 0.29) is 19.4 Å². The molecule has 0 aliphatic carbocycles. The van der Waals surface area contributed by atoms with Gasteiger partial charge < -0.3 is 45.1 Å². The van der Waals surface area contributed by atoms with Gasteiger partial charge in [-0.1, -0.05) is 277 Å². The number of carbonyl (C=O) groups excluding carboxylic acids is 2. The number of esters is 1. The highest BCUT2D eigenvalue weighted by Gasteiger charge is 2.47. The van der Waals surface area contributed by atoms with E-state index in [0.29, 0.717) is 12.8 Å². The van der Waals surface area contributed by atoms with Crippen LogP contribution in [-0.4, -0.2) is 99.6 Å². The predicted octanol–water partition coefficient (Wildman–Crippen LogP) is 17.8. The van der Waals surface area contributed by atoms with Crippen LogP contribution in [0.2, 0.25) is 0 Å². The van der Waals surface area contributed by atoms with E-state index in [1.165, 1.54) is 116 Å². The first-order valence-electron chi connectivity index (χ1n) is 34.8. The van der Waals surface area contributed by atoms with Gasteiger partial charge in [-0.25, -0.2) is 0 Å². The average Bonchev–Trinajstić information content (AvgIpc) is 3.38. The van der Waals surface area contributed by atoms with Crippen molar-refractivity contribution in [1.29, 1.82) is 0 Å². The second-order valence-corrected chi connectivity index (χ2v) is 23.5. The Hall–Kier alpha value is -3.94. The van der Waals surface area contributed by atoms with Crippen molar-refractivity contribution < 1.29 is 49.3 Å². The minimum absolute atomic E-state index is 0.0625. The first-order chi connectivity index (χ1) is 42.2. The van der Waals surface area contributed by atoms with Gasteiger partial charge in [-0.2, -0.15) is 0 Å². The Labute approximate surface area is 525 Å². The average molecular weight is 1200 g/mol. The minimum Gasteiger partial charge on any atom is -0.454 e. The van der Waals surface area contributed by atoms with Crippen molar-refractivity contribution >= 4 is 11.9 Å². The van der Waals surface area contributed by atoms with E-state index in [2.05, 4.69) is 135 Å². The zero-order valence-electron chi connectivity index (χ0n) is 54.6. The normalized spacial score (nSPS) is 19.1. The second kappa shape index (κ2) is 61.3. The number of hydrogen-bond donors (Lipinski definition) is 6.